The summed E-state index contributed by atoms with van der Waals surface area (Å²) in [6.45, 7) is 1.89. The molecule has 1 aromatic carbocycles. The molecule has 0 fully saturated rings. The SMILES string of the molecule is CCNC(=NCc1cccc(OCC)c1OC(F)F)NCC(O)c1ccc(Cl)s1.I. The molecular weight excluding hydrogens is 551 g/mol. The van der Waals surface area contributed by atoms with Gasteiger partial charge in [-0.05, 0) is 32.0 Å². The van der Waals surface area contributed by atoms with E-state index in [1.165, 1.54) is 11.3 Å². The molecule has 168 valence electrons. The Hall–Kier alpha value is -1.37. The number of para-hydroxylation sites is 1. The Bertz CT molecular complexity index is 811. The first-order valence-electron chi connectivity index (χ1n) is 9.09. The van der Waals surface area contributed by atoms with Gasteiger partial charge in [-0.3, -0.25) is 0 Å². The summed E-state index contributed by atoms with van der Waals surface area (Å²) in [7, 11) is 0. The van der Waals surface area contributed by atoms with Gasteiger partial charge in [-0.1, -0.05) is 23.7 Å². The maximum atomic E-state index is 12.8. The molecule has 11 heteroatoms. The molecule has 1 aromatic heterocycles. The molecule has 0 amide bonds. The molecule has 2 aromatic rings. The van der Waals surface area contributed by atoms with Gasteiger partial charge in [-0.25, -0.2) is 4.99 Å². The van der Waals surface area contributed by atoms with Gasteiger partial charge in [0.1, 0.15) is 6.10 Å². The van der Waals surface area contributed by atoms with Crippen LogP contribution in [0.25, 0.3) is 0 Å². The lowest BCUT2D eigenvalue weighted by atomic mass is 10.2. The van der Waals surface area contributed by atoms with Crippen LogP contribution in [0.5, 0.6) is 11.5 Å². The number of guanidine groups is 1. The topological polar surface area (TPSA) is 75.1 Å². The van der Waals surface area contributed by atoms with Crippen LogP contribution in [-0.4, -0.2) is 37.4 Å². The van der Waals surface area contributed by atoms with E-state index in [2.05, 4.69) is 20.4 Å². The van der Waals surface area contributed by atoms with Gasteiger partial charge in [0.15, 0.2) is 17.5 Å². The highest BCUT2D eigenvalue weighted by Gasteiger charge is 2.16. The molecule has 3 N–H and O–H groups in total. The minimum Gasteiger partial charge on any atom is -0.490 e. The van der Waals surface area contributed by atoms with Crippen LogP contribution in [0.4, 0.5) is 8.78 Å². The largest absolute Gasteiger partial charge is 0.490 e. The number of hydrogen-bond donors (Lipinski definition) is 3. The predicted octanol–water partition coefficient (Wildman–Crippen LogP) is 4.81. The predicted molar refractivity (Wildman–Crippen MR) is 127 cm³/mol. The minimum atomic E-state index is -2.97. The summed E-state index contributed by atoms with van der Waals surface area (Å²) in [5.74, 6) is 0.639. The zero-order valence-electron chi connectivity index (χ0n) is 16.5. The summed E-state index contributed by atoms with van der Waals surface area (Å²) >= 11 is 7.19. The number of benzene rings is 1. The minimum absolute atomic E-state index is 0. The van der Waals surface area contributed by atoms with E-state index in [1.807, 2.05) is 6.92 Å². The molecule has 0 aliphatic rings. The molecule has 0 saturated carbocycles. The first kappa shape index (κ1) is 26.7. The zero-order chi connectivity index (χ0) is 21.2. The quantitative estimate of drug-likeness (QED) is 0.216. The van der Waals surface area contributed by atoms with Gasteiger partial charge < -0.3 is 25.2 Å². The van der Waals surface area contributed by atoms with E-state index in [4.69, 9.17) is 16.3 Å². The van der Waals surface area contributed by atoms with Crippen LogP contribution in [0, 0.1) is 0 Å². The number of aliphatic hydroxyl groups excluding tert-OH is 1. The van der Waals surface area contributed by atoms with Gasteiger partial charge in [0.25, 0.3) is 0 Å². The molecule has 0 spiro atoms. The van der Waals surface area contributed by atoms with E-state index in [1.54, 1.807) is 37.3 Å². The van der Waals surface area contributed by atoms with Gasteiger partial charge >= 0.3 is 6.61 Å². The summed E-state index contributed by atoms with van der Waals surface area (Å²) < 4.78 is 36.3. The fourth-order valence-corrected chi connectivity index (χ4v) is 3.53. The van der Waals surface area contributed by atoms with Crippen LogP contribution < -0.4 is 20.1 Å². The van der Waals surface area contributed by atoms with Crippen molar-refractivity contribution >= 4 is 52.9 Å². The van der Waals surface area contributed by atoms with Crippen molar-refractivity contribution in [2.45, 2.75) is 33.1 Å². The molecule has 0 bridgehead atoms. The van der Waals surface area contributed by atoms with Crippen LogP contribution >= 0.6 is 46.9 Å². The van der Waals surface area contributed by atoms with Crippen LogP contribution in [-0.2, 0) is 6.54 Å². The Morgan fingerprint density at radius 3 is 2.60 bits per heavy atom. The average molecular weight is 576 g/mol. The maximum absolute atomic E-state index is 12.8. The van der Waals surface area contributed by atoms with Gasteiger partial charge in [0.05, 0.1) is 17.5 Å². The van der Waals surface area contributed by atoms with E-state index in [0.29, 0.717) is 29.0 Å². The van der Waals surface area contributed by atoms with Gasteiger partial charge in [-0.15, -0.1) is 35.3 Å². The Kier molecular flexibility index (Phi) is 12.3. The Labute approximate surface area is 200 Å². The second-order valence-corrected chi connectivity index (χ2v) is 7.54. The monoisotopic (exact) mass is 575 g/mol. The van der Waals surface area contributed by atoms with Crippen molar-refractivity contribution in [2.75, 3.05) is 19.7 Å². The highest BCUT2D eigenvalue weighted by atomic mass is 127. The molecule has 0 saturated heterocycles. The molecule has 30 heavy (non-hydrogen) atoms. The summed E-state index contributed by atoms with van der Waals surface area (Å²) in [4.78, 5) is 5.14. The van der Waals surface area contributed by atoms with Crippen molar-refractivity contribution in [2.24, 2.45) is 4.99 Å². The number of aliphatic hydroxyl groups is 1. The molecule has 1 heterocycles. The molecule has 0 aliphatic carbocycles. The number of nitrogens with zero attached hydrogens (tertiary/aromatic N) is 1. The molecule has 1 atom stereocenters. The first-order valence-corrected chi connectivity index (χ1v) is 10.3. The number of alkyl halides is 2. The van der Waals surface area contributed by atoms with E-state index in [0.717, 1.165) is 4.88 Å². The summed E-state index contributed by atoms with van der Waals surface area (Å²) in [6, 6.07) is 8.39. The van der Waals surface area contributed by atoms with Gasteiger partial charge in [-0.2, -0.15) is 8.78 Å². The lowest BCUT2D eigenvalue weighted by Gasteiger charge is -2.16. The third-order valence-electron chi connectivity index (χ3n) is 3.70. The lowest BCUT2D eigenvalue weighted by Crippen LogP contribution is -2.39. The van der Waals surface area contributed by atoms with E-state index >= 15 is 0 Å². The second kappa shape index (κ2) is 13.8. The van der Waals surface area contributed by atoms with Gasteiger partial charge in [0, 0.05) is 23.5 Å². The number of ether oxygens (including phenoxy) is 2. The molecule has 0 radical (unpaired) electrons. The number of nitrogens with one attached hydrogen (secondary N) is 2. The van der Waals surface area contributed by atoms with E-state index in [-0.39, 0.29) is 48.6 Å². The van der Waals surface area contributed by atoms with Crippen molar-refractivity contribution in [1.29, 1.82) is 0 Å². The fourth-order valence-electron chi connectivity index (χ4n) is 2.49. The van der Waals surface area contributed by atoms with Crippen molar-refractivity contribution in [3.05, 3.63) is 45.1 Å². The van der Waals surface area contributed by atoms with E-state index < -0.39 is 12.7 Å². The number of aliphatic imine (C=N–C) groups is 1. The molecular formula is C19H25ClF2IN3O3S. The van der Waals surface area contributed by atoms with Crippen LogP contribution in [0.2, 0.25) is 4.34 Å². The van der Waals surface area contributed by atoms with Crippen LogP contribution in [0.15, 0.2) is 35.3 Å². The molecule has 0 aliphatic heterocycles. The standard InChI is InChI=1S/C19H24ClF2N3O3S.HI/c1-3-23-19(25-11-13(26)15-8-9-16(20)29-15)24-10-12-6-5-7-14(27-4-2)17(12)28-18(21)22;/h5-9,13,18,26H,3-4,10-11H2,1-2H3,(H2,23,24,25);1H. The van der Waals surface area contributed by atoms with Gasteiger partial charge in [0.2, 0.25) is 0 Å². The fraction of sp³-hybridized carbons (Fsp3) is 0.421. The smallest absolute Gasteiger partial charge is 0.387 e. The summed E-state index contributed by atoms with van der Waals surface area (Å²) in [6.07, 6.45) is -0.754. The average Bonchev–Trinajstić information content (AvgIpc) is 3.12. The van der Waals surface area contributed by atoms with E-state index in [9.17, 15) is 13.9 Å². The maximum Gasteiger partial charge on any atom is 0.387 e. The third-order valence-corrected chi connectivity index (χ3v) is 5.04. The third kappa shape index (κ3) is 8.40. The molecule has 2 rings (SSSR count). The Morgan fingerprint density at radius 2 is 2.00 bits per heavy atom. The summed E-state index contributed by atoms with van der Waals surface area (Å²) in [5.41, 5.74) is 0.457. The highest BCUT2D eigenvalue weighted by Crippen LogP contribution is 2.33. The second-order valence-electron chi connectivity index (χ2n) is 5.79. The van der Waals surface area contributed by atoms with Crippen molar-refractivity contribution in [3.8, 4) is 11.5 Å². The molecule has 6 nitrogen and oxygen atoms in total. The number of thiophene rings is 1. The van der Waals surface area contributed by atoms with Crippen molar-refractivity contribution in [3.63, 3.8) is 0 Å². The number of rotatable bonds is 10. The number of halogens is 4. The van der Waals surface area contributed by atoms with Crippen molar-refractivity contribution < 1.29 is 23.4 Å². The van der Waals surface area contributed by atoms with Crippen LogP contribution in [0.3, 0.4) is 0 Å². The Balaban J connectivity index is 0.00000450. The number of hydrogen-bond acceptors (Lipinski definition) is 5. The first-order chi connectivity index (χ1) is 13.9. The highest BCUT2D eigenvalue weighted by molar-refractivity contribution is 14.0. The summed E-state index contributed by atoms with van der Waals surface area (Å²) in [5, 5.41) is 16.3. The normalized spacial score (nSPS) is 12.3. The Morgan fingerprint density at radius 1 is 1.23 bits per heavy atom. The lowest BCUT2D eigenvalue weighted by molar-refractivity contribution is -0.0520. The van der Waals surface area contributed by atoms with Crippen LogP contribution in [0.1, 0.15) is 30.4 Å². The molecule has 1 unspecified atom stereocenters. The van der Waals surface area contributed by atoms with Crippen molar-refractivity contribution in [1.82, 2.24) is 10.6 Å². The zero-order valence-corrected chi connectivity index (χ0v) is 20.4.